The molecule has 8 heavy (non-hydrogen) atoms. The Bertz CT molecular complexity index is 54.5. The molecule has 0 aromatic carbocycles. The smallest absolute Gasteiger partial charge is 0.00615 e. The number of rotatable bonds is 5. The van der Waals surface area contributed by atoms with Gasteiger partial charge in [-0.1, -0.05) is 31.9 Å². The Labute approximate surface area is 55.7 Å². The second-order valence-corrected chi connectivity index (χ2v) is 2.39. The van der Waals surface area contributed by atoms with E-state index < -0.39 is 0 Å². The van der Waals surface area contributed by atoms with E-state index in [1.165, 1.54) is 12.8 Å². The first-order chi connectivity index (χ1) is 3.91. The molecule has 0 radical (unpaired) electrons. The van der Waals surface area contributed by atoms with Gasteiger partial charge in [0, 0.05) is 6.54 Å². The van der Waals surface area contributed by atoms with E-state index >= 15 is 0 Å². The van der Waals surface area contributed by atoms with E-state index in [0.717, 1.165) is 6.54 Å². The molecule has 1 N–H and O–H groups in total. The maximum Gasteiger partial charge on any atom is 0.00615 e. The Morgan fingerprint density at radius 3 is 3.00 bits per heavy atom. The fourth-order valence-corrected chi connectivity index (χ4v) is 0.747. The van der Waals surface area contributed by atoms with Crippen molar-refractivity contribution in [1.29, 1.82) is 0 Å². The van der Waals surface area contributed by atoms with Crippen molar-refractivity contribution in [1.82, 2.24) is 4.72 Å². The second kappa shape index (κ2) is 7.05. The first kappa shape index (κ1) is 8.05. The van der Waals surface area contributed by atoms with Crippen LogP contribution < -0.4 is 4.72 Å². The highest BCUT2D eigenvalue weighted by Gasteiger charge is 1.79. The summed E-state index contributed by atoms with van der Waals surface area (Å²) in [5, 5.41) is 1.80. The lowest BCUT2D eigenvalue weighted by Gasteiger charge is -1.95. The molecule has 0 aromatic rings. The van der Waals surface area contributed by atoms with Crippen molar-refractivity contribution in [3.05, 3.63) is 12.0 Å². The van der Waals surface area contributed by atoms with Gasteiger partial charge in [-0.25, -0.2) is 0 Å². The Hall–Kier alpha value is 0.0500. The van der Waals surface area contributed by atoms with Crippen LogP contribution in [0.5, 0.6) is 0 Å². The molecule has 1 nitrogen and oxygen atoms in total. The maximum atomic E-state index is 3.56. The zero-order chi connectivity index (χ0) is 6.24. The first-order valence-corrected chi connectivity index (χ1v) is 3.79. The number of nitrogens with one attached hydrogen (secondary N) is 1. The van der Waals surface area contributed by atoms with Gasteiger partial charge in [0.15, 0.2) is 0 Å². The molecule has 48 valence electrons. The minimum absolute atomic E-state index is 1.09. The van der Waals surface area contributed by atoms with Crippen LogP contribution in [0.3, 0.4) is 0 Å². The molecule has 0 spiro atoms. The van der Waals surface area contributed by atoms with E-state index in [-0.39, 0.29) is 0 Å². The summed E-state index contributed by atoms with van der Waals surface area (Å²) < 4.78 is 3.13. The summed E-state index contributed by atoms with van der Waals surface area (Å²) in [5.41, 5.74) is 0. The predicted octanol–water partition coefficient (Wildman–Crippen LogP) is 2.17. The largest absolute Gasteiger partial charge is 0.260 e. The molecule has 0 saturated heterocycles. The fraction of sp³-hybridized carbons (Fsp3) is 0.667. The van der Waals surface area contributed by atoms with E-state index in [4.69, 9.17) is 0 Å². The topological polar surface area (TPSA) is 12.0 Å². The molecule has 0 aliphatic carbocycles. The molecule has 0 unspecified atom stereocenters. The lowest BCUT2D eigenvalue weighted by atomic mass is 10.3. The van der Waals surface area contributed by atoms with Gasteiger partial charge in [0.2, 0.25) is 0 Å². The minimum Gasteiger partial charge on any atom is -0.260 e. The Morgan fingerprint density at radius 1 is 1.75 bits per heavy atom. The summed E-state index contributed by atoms with van der Waals surface area (Å²) in [4.78, 5) is 0. The zero-order valence-corrected chi connectivity index (χ0v) is 6.13. The molecule has 0 bridgehead atoms. The third kappa shape index (κ3) is 6.05. The monoisotopic (exact) mass is 131 g/mol. The molecule has 0 aromatic heterocycles. The summed E-state index contributed by atoms with van der Waals surface area (Å²) in [5.74, 6) is 0. The summed E-state index contributed by atoms with van der Waals surface area (Å²) in [6.07, 6.45) is 2.51. The molecular formula is C6H13NS. The molecule has 0 rings (SSSR count). The van der Waals surface area contributed by atoms with Gasteiger partial charge in [-0.15, -0.1) is 0 Å². The van der Waals surface area contributed by atoms with Crippen molar-refractivity contribution in [2.24, 2.45) is 0 Å². The fourth-order valence-electron chi connectivity index (χ4n) is 0.367. The average molecular weight is 131 g/mol. The van der Waals surface area contributed by atoms with Crippen LogP contribution in [0, 0.1) is 0 Å². The molecular weight excluding hydrogens is 118 g/mol. The van der Waals surface area contributed by atoms with Crippen LogP contribution in [0.1, 0.15) is 19.8 Å². The van der Waals surface area contributed by atoms with Crippen molar-refractivity contribution in [3.63, 3.8) is 0 Å². The summed E-state index contributed by atoms with van der Waals surface area (Å²) in [7, 11) is 0. The molecule has 2 heteroatoms. The number of unbranched alkanes of at least 4 members (excludes halogenated alkanes) is 1. The normalized spacial score (nSPS) is 9.12. The van der Waals surface area contributed by atoms with Crippen LogP contribution in [0.2, 0.25) is 0 Å². The van der Waals surface area contributed by atoms with E-state index in [1.54, 1.807) is 17.4 Å². The van der Waals surface area contributed by atoms with Crippen LogP contribution in [0.25, 0.3) is 0 Å². The minimum atomic E-state index is 1.09. The van der Waals surface area contributed by atoms with Crippen LogP contribution >= 0.6 is 11.9 Å². The van der Waals surface area contributed by atoms with Gasteiger partial charge >= 0.3 is 0 Å². The van der Waals surface area contributed by atoms with Gasteiger partial charge in [0.1, 0.15) is 0 Å². The van der Waals surface area contributed by atoms with Crippen LogP contribution in [-0.2, 0) is 0 Å². The Kier molecular flexibility index (Phi) is 7.09. The molecule has 0 atom stereocenters. The van der Waals surface area contributed by atoms with Gasteiger partial charge in [0.25, 0.3) is 0 Å². The average Bonchev–Trinajstić information content (AvgIpc) is 1.81. The molecule has 0 amide bonds. The zero-order valence-electron chi connectivity index (χ0n) is 5.31. The quantitative estimate of drug-likeness (QED) is 0.453. The number of hydrogen-bond donors (Lipinski definition) is 1. The summed E-state index contributed by atoms with van der Waals surface area (Å²) in [6, 6.07) is 0. The molecule has 0 heterocycles. The summed E-state index contributed by atoms with van der Waals surface area (Å²) in [6.45, 7) is 6.83. The Balaban J connectivity index is 2.62. The van der Waals surface area contributed by atoms with Crippen molar-refractivity contribution < 1.29 is 0 Å². The predicted molar refractivity (Wildman–Crippen MR) is 40.7 cm³/mol. The van der Waals surface area contributed by atoms with Gasteiger partial charge < -0.3 is 0 Å². The molecule has 0 aliphatic rings. The van der Waals surface area contributed by atoms with E-state index in [2.05, 4.69) is 18.2 Å². The Morgan fingerprint density at radius 2 is 2.50 bits per heavy atom. The maximum absolute atomic E-state index is 3.56. The third-order valence-corrected chi connectivity index (χ3v) is 1.34. The van der Waals surface area contributed by atoms with Crippen molar-refractivity contribution in [2.75, 3.05) is 6.54 Å². The van der Waals surface area contributed by atoms with Gasteiger partial charge in [-0.3, -0.25) is 4.72 Å². The van der Waals surface area contributed by atoms with E-state index in [1.807, 2.05) is 0 Å². The van der Waals surface area contributed by atoms with Crippen molar-refractivity contribution >= 4 is 11.9 Å². The molecule has 0 fully saturated rings. The highest BCUT2D eigenvalue weighted by Crippen LogP contribution is 1.92. The molecule has 0 aliphatic heterocycles. The van der Waals surface area contributed by atoms with Crippen LogP contribution in [0.15, 0.2) is 12.0 Å². The van der Waals surface area contributed by atoms with Crippen molar-refractivity contribution in [3.8, 4) is 0 Å². The van der Waals surface area contributed by atoms with Crippen LogP contribution in [0.4, 0.5) is 0 Å². The lowest BCUT2D eigenvalue weighted by molar-refractivity contribution is 0.777. The van der Waals surface area contributed by atoms with E-state index in [9.17, 15) is 0 Å². The summed E-state index contributed by atoms with van der Waals surface area (Å²) >= 11 is 1.56. The third-order valence-electron chi connectivity index (χ3n) is 0.799. The van der Waals surface area contributed by atoms with Gasteiger partial charge in [-0.05, 0) is 11.8 Å². The second-order valence-electron chi connectivity index (χ2n) is 1.53. The number of hydrogen-bond acceptors (Lipinski definition) is 2. The van der Waals surface area contributed by atoms with E-state index in [0.29, 0.717) is 0 Å². The highest BCUT2D eigenvalue weighted by atomic mass is 32.2. The van der Waals surface area contributed by atoms with Gasteiger partial charge in [0.05, 0.1) is 0 Å². The standard InChI is InChI=1S/C6H13NS/c1-3-5-6-7-8-4-2/h4,7H,2-3,5-6H2,1H3. The SMILES string of the molecule is C=CSNCCCC. The highest BCUT2D eigenvalue weighted by molar-refractivity contribution is 8.00. The van der Waals surface area contributed by atoms with Gasteiger partial charge in [-0.2, -0.15) is 0 Å². The lowest BCUT2D eigenvalue weighted by Crippen LogP contribution is -2.02. The first-order valence-electron chi connectivity index (χ1n) is 2.91. The van der Waals surface area contributed by atoms with Crippen LogP contribution in [-0.4, -0.2) is 6.54 Å². The molecule has 0 saturated carbocycles. The van der Waals surface area contributed by atoms with Crippen molar-refractivity contribution in [2.45, 2.75) is 19.8 Å².